The predicted molar refractivity (Wildman–Crippen MR) is 83.8 cm³/mol. The summed E-state index contributed by atoms with van der Waals surface area (Å²) in [5, 5.41) is 4.64. The number of hydrogen-bond donors (Lipinski definition) is 0. The van der Waals surface area contributed by atoms with Gasteiger partial charge in [-0.25, -0.2) is 14.5 Å². The van der Waals surface area contributed by atoms with Crippen molar-refractivity contribution < 1.29 is 4.74 Å². The Bertz CT molecular complexity index is 866. The zero-order chi connectivity index (χ0) is 14.9. The van der Waals surface area contributed by atoms with Gasteiger partial charge in [-0.1, -0.05) is 6.08 Å². The van der Waals surface area contributed by atoms with Crippen LogP contribution in [0.25, 0.3) is 11.2 Å². The second kappa shape index (κ2) is 5.26. The minimum Gasteiger partial charge on any atom is -0.478 e. The molecule has 5 nitrogen and oxygen atoms in total. The fourth-order valence-corrected chi connectivity index (χ4v) is 2.81. The summed E-state index contributed by atoms with van der Waals surface area (Å²) in [5.74, 6) is 0.695. The number of hydrogen-bond acceptors (Lipinski definition) is 4. The fraction of sp³-hybridized carbons (Fsp3) is 0.235. The van der Waals surface area contributed by atoms with Crippen LogP contribution >= 0.6 is 0 Å². The van der Waals surface area contributed by atoms with Crippen LogP contribution < -0.4 is 4.74 Å². The lowest BCUT2D eigenvalue weighted by molar-refractivity contribution is 0.325. The van der Waals surface area contributed by atoms with Crippen molar-refractivity contribution in [3.05, 3.63) is 59.7 Å². The maximum absolute atomic E-state index is 5.50. The van der Waals surface area contributed by atoms with Gasteiger partial charge in [0.15, 0.2) is 5.65 Å². The Morgan fingerprint density at radius 1 is 1.23 bits per heavy atom. The predicted octanol–water partition coefficient (Wildman–Crippen LogP) is 2.90. The van der Waals surface area contributed by atoms with E-state index in [0.717, 1.165) is 41.0 Å². The molecule has 0 unspecified atom stereocenters. The Morgan fingerprint density at radius 3 is 3.09 bits per heavy atom. The largest absolute Gasteiger partial charge is 0.478 e. The second-order valence-corrected chi connectivity index (χ2v) is 5.18. The number of aryl methyl sites for hydroxylation is 1. The summed E-state index contributed by atoms with van der Waals surface area (Å²) >= 11 is 0. The molecule has 0 aliphatic heterocycles. The molecular formula is C17H16N4O. The molecule has 0 N–H and O–H groups in total. The molecule has 1 aliphatic rings. The molecule has 0 atom stereocenters. The van der Waals surface area contributed by atoms with Crippen LogP contribution in [0.1, 0.15) is 30.3 Å². The van der Waals surface area contributed by atoms with Gasteiger partial charge in [0.2, 0.25) is 5.88 Å². The maximum atomic E-state index is 5.50. The van der Waals surface area contributed by atoms with Crippen molar-refractivity contribution in [1.82, 2.24) is 19.6 Å². The Hall–Kier alpha value is -2.69. The third-order valence-corrected chi connectivity index (χ3v) is 3.79. The van der Waals surface area contributed by atoms with Gasteiger partial charge in [-0.3, -0.25) is 0 Å². The molecule has 110 valence electrons. The van der Waals surface area contributed by atoms with Gasteiger partial charge in [-0.05, 0) is 38.0 Å². The smallest absolute Gasteiger partial charge is 0.213 e. The van der Waals surface area contributed by atoms with Crippen LogP contribution in [-0.2, 0) is 6.42 Å². The van der Waals surface area contributed by atoms with Gasteiger partial charge in [0.05, 0.1) is 18.0 Å². The van der Waals surface area contributed by atoms with Gasteiger partial charge in [0, 0.05) is 29.6 Å². The molecule has 3 aromatic rings. The van der Waals surface area contributed by atoms with E-state index >= 15 is 0 Å². The highest BCUT2D eigenvalue weighted by Gasteiger charge is 2.17. The van der Waals surface area contributed by atoms with E-state index in [0.29, 0.717) is 12.5 Å². The first kappa shape index (κ1) is 13.0. The summed E-state index contributed by atoms with van der Waals surface area (Å²) in [6.07, 6.45) is 7.75. The van der Waals surface area contributed by atoms with E-state index < -0.39 is 0 Å². The molecule has 22 heavy (non-hydrogen) atoms. The highest BCUT2D eigenvalue weighted by Crippen LogP contribution is 2.31. The average Bonchev–Trinajstić information content (AvgIpc) is 3.02. The monoisotopic (exact) mass is 292 g/mol. The van der Waals surface area contributed by atoms with E-state index in [2.05, 4.69) is 27.2 Å². The number of ether oxygens (including phenoxy) is 1. The molecular weight excluding hydrogens is 276 g/mol. The van der Waals surface area contributed by atoms with Crippen LogP contribution in [0.3, 0.4) is 0 Å². The average molecular weight is 292 g/mol. The van der Waals surface area contributed by atoms with E-state index in [1.807, 2.05) is 31.3 Å². The number of imidazole rings is 1. The van der Waals surface area contributed by atoms with Gasteiger partial charge in [0.1, 0.15) is 0 Å². The summed E-state index contributed by atoms with van der Waals surface area (Å²) < 4.78 is 7.30. The van der Waals surface area contributed by atoms with Gasteiger partial charge in [0.25, 0.3) is 0 Å². The second-order valence-electron chi connectivity index (χ2n) is 5.18. The third kappa shape index (κ3) is 2.15. The Balaban J connectivity index is 1.78. The van der Waals surface area contributed by atoms with Gasteiger partial charge in [-0.2, -0.15) is 5.10 Å². The van der Waals surface area contributed by atoms with Crippen molar-refractivity contribution in [3.63, 3.8) is 0 Å². The molecule has 0 radical (unpaired) electrons. The first-order valence-electron chi connectivity index (χ1n) is 7.49. The summed E-state index contributed by atoms with van der Waals surface area (Å²) in [6, 6.07) is 8.01. The fourth-order valence-electron chi connectivity index (χ4n) is 2.81. The molecule has 0 aromatic carbocycles. The molecule has 0 saturated heterocycles. The van der Waals surface area contributed by atoms with Crippen molar-refractivity contribution >= 4 is 11.2 Å². The van der Waals surface area contributed by atoms with E-state index in [-0.39, 0.29) is 0 Å². The van der Waals surface area contributed by atoms with Crippen LogP contribution in [0, 0.1) is 0 Å². The molecule has 0 fully saturated rings. The zero-order valence-electron chi connectivity index (χ0n) is 12.4. The highest BCUT2D eigenvalue weighted by molar-refractivity contribution is 5.80. The van der Waals surface area contributed by atoms with Crippen molar-refractivity contribution in [2.75, 3.05) is 6.61 Å². The minimum absolute atomic E-state index is 0.632. The number of aromatic nitrogens is 4. The third-order valence-electron chi connectivity index (χ3n) is 3.79. The van der Waals surface area contributed by atoms with Crippen molar-refractivity contribution in [1.29, 1.82) is 0 Å². The number of allylic oxidation sites excluding steroid dienone is 1. The highest BCUT2D eigenvalue weighted by atomic mass is 16.5. The number of fused-ring (bicyclic) bond motifs is 2. The summed E-state index contributed by atoms with van der Waals surface area (Å²) in [7, 11) is 0. The summed E-state index contributed by atoms with van der Waals surface area (Å²) in [4.78, 5) is 8.85. The minimum atomic E-state index is 0.632. The van der Waals surface area contributed by atoms with Crippen LogP contribution in [0.2, 0.25) is 0 Å². The van der Waals surface area contributed by atoms with Gasteiger partial charge in [-0.15, -0.1) is 0 Å². The van der Waals surface area contributed by atoms with Crippen LogP contribution in [0.15, 0.2) is 42.7 Å². The SMILES string of the molecule is CCOc1ccc2c(n1)CCC=C2c1ccc2nccn2n1. The molecule has 3 heterocycles. The molecule has 0 amide bonds. The molecule has 4 rings (SSSR count). The van der Waals surface area contributed by atoms with Crippen molar-refractivity contribution in [2.45, 2.75) is 19.8 Å². The number of nitrogens with zero attached hydrogens (tertiary/aromatic N) is 4. The topological polar surface area (TPSA) is 52.3 Å². The lowest BCUT2D eigenvalue weighted by atomic mass is 9.92. The standard InChI is InChI=1S/C17H16N4O/c1-2-22-17-9-6-13-12(4-3-5-14(13)19-17)15-7-8-16-18-10-11-21(16)20-15/h4,6-11H,2-3,5H2,1H3. The number of rotatable bonds is 3. The first-order chi connectivity index (χ1) is 10.8. The van der Waals surface area contributed by atoms with Gasteiger partial charge < -0.3 is 4.74 Å². The molecule has 0 saturated carbocycles. The molecule has 0 bridgehead atoms. The van der Waals surface area contributed by atoms with Crippen molar-refractivity contribution in [2.24, 2.45) is 0 Å². The summed E-state index contributed by atoms with van der Waals surface area (Å²) in [5.41, 5.74) is 5.15. The first-order valence-corrected chi connectivity index (χ1v) is 7.49. The maximum Gasteiger partial charge on any atom is 0.213 e. The summed E-state index contributed by atoms with van der Waals surface area (Å²) in [6.45, 7) is 2.60. The molecule has 3 aromatic heterocycles. The molecule has 1 aliphatic carbocycles. The zero-order valence-corrected chi connectivity index (χ0v) is 12.4. The van der Waals surface area contributed by atoms with Crippen LogP contribution in [0.4, 0.5) is 0 Å². The van der Waals surface area contributed by atoms with Crippen LogP contribution in [-0.4, -0.2) is 26.2 Å². The Morgan fingerprint density at radius 2 is 2.18 bits per heavy atom. The number of pyridine rings is 1. The quantitative estimate of drug-likeness (QED) is 0.745. The Kier molecular flexibility index (Phi) is 3.11. The van der Waals surface area contributed by atoms with E-state index in [1.165, 1.54) is 0 Å². The lowest BCUT2D eigenvalue weighted by Crippen LogP contribution is -2.07. The normalized spacial score (nSPS) is 13.8. The van der Waals surface area contributed by atoms with Gasteiger partial charge >= 0.3 is 0 Å². The molecule has 0 spiro atoms. The van der Waals surface area contributed by atoms with Crippen molar-refractivity contribution in [3.8, 4) is 5.88 Å². The lowest BCUT2D eigenvalue weighted by Gasteiger charge is -2.17. The van der Waals surface area contributed by atoms with E-state index in [1.54, 1.807) is 10.7 Å². The van der Waals surface area contributed by atoms with Crippen LogP contribution in [0.5, 0.6) is 5.88 Å². The van der Waals surface area contributed by atoms with E-state index in [4.69, 9.17) is 4.74 Å². The molecule has 5 heteroatoms. The van der Waals surface area contributed by atoms with E-state index in [9.17, 15) is 0 Å². The Labute approximate surface area is 128 Å².